The molecule has 0 amide bonds. The number of hydrogen-bond acceptors (Lipinski definition) is 9. The van der Waals surface area contributed by atoms with E-state index in [0.717, 1.165) is 0 Å². The maximum atomic E-state index is 10.6. The monoisotopic (exact) mass is 256 g/mol. The van der Waals surface area contributed by atoms with Crippen molar-refractivity contribution in [2.24, 2.45) is 0 Å². The van der Waals surface area contributed by atoms with Crippen LogP contribution < -0.4 is 11.3 Å². The number of aromatic nitrogens is 6. The molecule has 0 aliphatic heterocycles. The number of rotatable bonds is 4. The zero-order valence-electron chi connectivity index (χ0n) is 8.34. The normalized spacial score (nSPS) is 10.2. The summed E-state index contributed by atoms with van der Waals surface area (Å²) in [5.41, 5.74) is 6.64. The lowest BCUT2D eigenvalue weighted by Gasteiger charge is -1.99. The summed E-state index contributed by atoms with van der Waals surface area (Å²) in [6.07, 6.45) is 0. The van der Waals surface area contributed by atoms with Gasteiger partial charge in [0, 0.05) is 5.03 Å². The van der Waals surface area contributed by atoms with Crippen LogP contribution in [0.15, 0.2) is 0 Å². The molecule has 0 aliphatic carbocycles. The van der Waals surface area contributed by atoms with Crippen LogP contribution in [0.2, 0.25) is 0 Å². The van der Waals surface area contributed by atoms with Gasteiger partial charge in [-0.3, -0.25) is 0 Å². The van der Waals surface area contributed by atoms with E-state index >= 15 is 0 Å². The minimum atomic E-state index is -0.935. The number of nitrogen functional groups attached to an aromatic ring is 1. The van der Waals surface area contributed by atoms with Crippen molar-refractivity contribution in [3.8, 4) is 11.5 Å². The van der Waals surface area contributed by atoms with Gasteiger partial charge >= 0.3 is 17.6 Å². The zero-order chi connectivity index (χ0) is 13.3. The van der Waals surface area contributed by atoms with Crippen LogP contribution in [-0.2, 0) is 0 Å². The van der Waals surface area contributed by atoms with Crippen LogP contribution in [0.25, 0.3) is 11.5 Å². The van der Waals surface area contributed by atoms with Gasteiger partial charge in [0.2, 0.25) is 0 Å². The van der Waals surface area contributed by atoms with Crippen LogP contribution in [0.5, 0.6) is 0 Å². The number of anilines is 1. The maximum absolute atomic E-state index is 10.6. The van der Waals surface area contributed by atoms with E-state index in [1.807, 2.05) is 5.21 Å². The van der Waals surface area contributed by atoms with E-state index in [1.165, 1.54) is 0 Å². The number of nitrogens with one attached hydrogen (secondary N) is 2. The minimum Gasteiger partial charge on any atom is -0.358 e. The predicted octanol–water partition coefficient (Wildman–Crippen LogP) is -1.71. The van der Waals surface area contributed by atoms with E-state index in [1.54, 1.807) is 5.53 Å². The lowest BCUT2D eigenvalue weighted by Crippen LogP contribution is -2.23. The Morgan fingerprint density at radius 3 is 2.61 bits per heavy atom. The van der Waals surface area contributed by atoms with Gasteiger partial charge in [-0.25, -0.2) is 0 Å². The molecule has 0 aromatic carbocycles. The molecule has 0 bridgehead atoms. The number of nitrogens with zero attached hydrogens (tertiary/aromatic N) is 7. The van der Waals surface area contributed by atoms with Crippen molar-refractivity contribution in [1.29, 1.82) is 0 Å². The van der Waals surface area contributed by atoms with Crippen molar-refractivity contribution in [3.63, 3.8) is 0 Å². The molecule has 14 nitrogen and oxygen atoms in total. The zero-order valence-corrected chi connectivity index (χ0v) is 8.34. The third kappa shape index (κ3) is 1.72. The molecule has 0 spiro atoms. The molecule has 0 fully saturated rings. The first-order valence-corrected chi connectivity index (χ1v) is 4.18. The van der Waals surface area contributed by atoms with Crippen molar-refractivity contribution in [2.45, 2.75) is 0 Å². The van der Waals surface area contributed by atoms with Gasteiger partial charge in [0.05, 0.1) is 5.10 Å². The second-order valence-electron chi connectivity index (χ2n) is 2.83. The summed E-state index contributed by atoms with van der Waals surface area (Å²) in [6, 6.07) is 0. The summed E-state index contributed by atoms with van der Waals surface area (Å²) in [5, 5.41) is 35.6. The number of H-pyrrole nitrogens is 1. The Hall–Kier alpha value is -3.32. The third-order valence-corrected chi connectivity index (χ3v) is 1.78. The quantitative estimate of drug-likeness (QED) is 0.418. The highest BCUT2D eigenvalue weighted by atomic mass is 16.7. The first-order valence-electron chi connectivity index (χ1n) is 4.18. The Bertz CT molecular complexity index is 613. The van der Waals surface area contributed by atoms with E-state index in [4.69, 9.17) is 5.73 Å². The van der Waals surface area contributed by atoms with Gasteiger partial charge in [-0.2, -0.15) is 0 Å². The molecule has 0 aliphatic rings. The standard InChI is InChI=1S/C4H4N10O4/c5-4-9-7-2(12(4)11-14(17)18)1-3(13(15)16)8-10-6-1/h11H,(H2,5,9)(H,6,8,10). The molecule has 0 radical (unpaired) electrons. The molecule has 18 heavy (non-hydrogen) atoms. The van der Waals surface area contributed by atoms with Crippen molar-refractivity contribution in [1.82, 2.24) is 30.3 Å². The molecule has 2 heterocycles. The molecule has 2 aromatic heterocycles. The number of nitrogens with two attached hydrogens (primary N) is 1. The number of hydrazine groups is 1. The van der Waals surface area contributed by atoms with Gasteiger partial charge in [-0.05, 0) is 10.5 Å². The van der Waals surface area contributed by atoms with E-state index in [2.05, 4.69) is 20.4 Å². The Morgan fingerprint density at radius 1 is 1.28 bits per heavy atom. The summed E-state index contributed by atoms with van der Waals surface area (Å²) in [4.78, 5) is 20.1. The second kappa shape index (κ2) is 3.92. The fourth-order valence-corrected chi connectivity index (χ4v) is 1.13. The van der Waals surface area contributed by atoms with Gasteiger partial charge in [-0.15, -0.1) is 10.3 Å². The van der Waals surface area contributed by atoms with Gasteiger partial charge < -0.3 is 26.0 Å². The molecule has 0 unspecified atom stereocenters. The van der Waals surface area contributed by atoms with E-state index in [-0.39, 0.29) is 17.5 Å². The van der Waals surface area contributed by atoms with Crippen LogP contribution >= 0.6 is 0 Å². The lowest BCUT2D eigenvalue weighted by molar-refractivity contribution is -0.461. The molecule has 0 saturated carbocycles. The summed E-state index contributed by atoms with van der Waals surface area (Å²) < 4.78 is 0.630. The van der Waals surface area contributed by atoms with Crippen LogP contribution in [0.3, 0.4) is 0 Å². The Balaban J connectivity index is 2.54. The summed E-state index contributed by atoms with van der Waals surface area (Å²) >= 11 is 0. The largest absolute Gasteiger partial charge is 0.423 e. The average Bonchev–Trinajstić information content (AvgIpc) is 2.86. The highest BCUT2D eigenvalue weighted by Crippen LogP contribution is 2.23. The van der Waals surface area contributed by atoms with Crippen LogP contribution in [0.1, 0.15) is 0 Å². The molecule has 94 valence electrons. The highest BCUT2D eigenvalue weighted by Gasteiger charge is 2.31. The van der Waals surface area contributed by atoms with Crippen LogP contribution in [0, 0.1) is 20.2 Å². The van der Waals surface area contributed by atoms with Crippen molar-refractivity contribution in [2.75, 3.05) is 11.3 Å². The second-order valence-corrected chi connectivity index (χ2v) is 2.83. The maximum Gasteiger partial charge on any atom is 0.423 e. The van der Waals surface area contributed by atoms with Gasteiger partial charge in [0.25, 0.3) is 5.69 Å². The van der Waals surface area contributed by atoms with Crippen molar-refractivity contribution in [3.05, 3.63) is 20.2 Å². The minimum absolute atomic E-state index is 0.315. The van der Waals surface area contributed by atoms with E-state index in [9.17, 15) is 20.2 Å². The van der Waals surface area contributed by atoms with Crippen molar-refractivity contribution < 1.29 is 9.96 Å². The predicted molar refractivity (Wildman–Crippen MR) is 52.8 cm³/mol. The molecular formula is C4H4N10O4. The molecule has 2 rings (SSSR count). The van der Waals surface area contributed by atoms with E-state index < -0.39 is 15.8 Å². The fourth-order valence-electron chi connectivity index (χ4n) is 1.13. The Kier molecular flexibility index (Phi) is 2.43. The summed E-state index contributed by atoms with van der Waals surface area (Å²) in [6.45, 7) is 0. The SMILES string of the molecule is Nc1nnc(-c2n[nH]nc2[N+](=O)[O-])n1N[N+](=O)[O-]. The fraction of sp³-hybridized carbons (Fsp3) is 0. The Morgan fingerprint density at radius 2 is 2.00 bits per heavy atom. The molecule has 0 atom stereocenters. The highest BCUT2D eigenvalue weighted by molar-refractivity contribution is 5.60. The van der Waals surface area contributed by atoms with Gasteiger partial charge in [0.1, 0.15) is 0 Å². The molecule has 0 saturated heterocycles. The number of aromatic amines is 1. The first-order chi connectivity index (χ1) is 8.50. The first kappa shape index (κ1) is 11.2. The third-order valence-electron chi connectivity index (χ3n) is 1.78. The Labute approximate surface area is 96.0 Å². The average molecular weight is 256 g/mol. The number of nitro groups is 2. The molecule has 4 N–H and O–H groups in total. The smallest absolute Gasteiger partial charge is 0.358 e. The molecule has 2 aromatic rings. The van der Waals surface area contributed by atoms with Crippen LogP contribution in [-0.4, -0.2) is 40.2 Å². The summed E-state index contributed by atoms with van der Waals surface area (Å²) in [7, 11) is 0. The molecular weight excluding hydrogens is 252 g/mol. The molecule has 14 heteroatoms. The lowest BCUT2D eigenvalue weighted by atomic mass is 10.4. The number of hydrogen-bond donors (Lipinski definition) is 3. The van der Waals surface area contributed by atoms with Crippen LogP contribution in [0.4, 0.5) is 11.8 Å². The van der Waals surface area contributed by atoms with Gasteiger partial charge in [0.15, 0.2) is 0 Å². The topological polar surface area (TPSA) is 197 Å². The van der Waals surface area contributed by atoms with E-state index in [0.29, 0.717) is 4.68 Å². The van der Waals surface area contributed by atoms with Crippen molar-refractivity contribution >= 4 is 11.8 Å². The van der Waals surface area contributed by atoms with Gasteiger partial charge in [-0.1, -0.05) is 14.9 Å². The summed E-state index contributed by atoms with van der Waals surface area (Å²) in [5.74, 6) is -1.34.